The van der Waals surface area contributed by atoms with Crippen LogP contribution < -0.4 is 5.73 Å². The normalized spacial score (nSPS) is 10.2. The molecule has 0 unspecified atom stereocenters. The van der Waals surface area contributed by atoms with E-state index in [4.69, 9.17) is 5.73 Å². The summed E-state index contributed by atoms with van der Waals surface area (Å²) in [4.78, 5) is 0. The van der Waals surface area contributed by atoms with E-state index in [0.717, 1.165) is 12.1 Å². The van der Waals surface area contributed by atoms with Crippen molar-refractivity contribution >= 4 is 21.5 Å². The lowest BCUT2D eigenvalue weighted by atomic mass is 10.1. The van der Waals surface area contributed by atoms with Crippen LogP contribution in [0.2, 0.25) is 0 Å². The van der Waals surface area contributed by atoms with Gasteiger partial charge in [-0.2, -0.15) is 0 Å². The van der Waals surface area contributed by atoms with Gasteiger partial charge in [-0.1, -0.05) is 22.5 Å². The first-order valence-electron chi connectivity index (χ1n) is 3.59. The Balaban J connectivity index is 3.23. The van der Waals surface area contributed by atoms with Crippen LogP contribution in [-0.2, 0) is 0 Å². The maximum atomic E-state index is 12.8. The third-order valence-electron chi connectivity index (χ3n) is 1.64. The Labute approximate surface area is 83.4 Å². The molecule has 0 atom stereocenters. The molecular formula is C9H8BrF2N. The molecule has 0 saturated carbocycles. The topological polar surface area (TPSA) is 26.0 Å². The number of rotatable bonds is 2. The molecule has 13 heavy (non-hydrogen) atoms. The van der Waals surface area contributed by atoms with Crippen LogP contribution in [-0.4, -0.2) is 6.54 Å². The summed E-state index contributed by atoms with van der Waals surface area (Å²) in [5.41, 5.74) is 6.39. The molecule has 0 bridgehead atoms. The van der Waals surface area contributed by atoms with Crippen molar-refractivity contribution in [2.45, 2.75) is 0 Å². The van der Waals surface area contributed by atoms with Crippen LogP contribution in [0.25, 0.3) is 5.57 Å². The lowest BCUT2D eigenvalue weighted by Gasteiger charge is -2.06. The van der Waals surface area contributed by atoms with Gasteiger partial charge in [-0.05, 0) is 23.3 Å². The molecule has 1 aromatic rings. The predicted molar refractivity (Wildman–Crippen MR) is 52.1 cm³/mol. The van der Waals surface area contributed by atoms with E-state index in [1.165, 1.54) is 0 Å². The van der Waals surface area contributed by atoms with E-state index in [0.29, 0.717) is 15.6 Å². The maximum absolute atomic E-state index is 12.8. The number of hydrogen-bond donors (Lipinski definition) is 1. The summed E-state index contributed by atoms with van der Waals surface area (Å²) < 4.78 is 25.9. The average Bonchev–Trinajstić information content (AvgIpc) is 2.10. The highest BCUT2D eigenvalue weighted by Crippen LogP contribution is 2.25. The van der Waals surface area contributed by atoms with E-state index < -0.39 is 11.6 Å². The second kappa shape index (κ2) is 3.98. The summed E-state index contributed by atoms with van der Waals surface area (Å²) in [6.45, 7) is 3.84. The highest BCUT2D eigenvalue weighted by Gasteiger charge is 2.09. The second-order valence-electron chi connectivity index (χ2n) is 2.55. The minimum Gasteiger partial charge on any atom is -0.326 e. The van der Waals surface area contributed by atoms with Crippen LogP contribution in [0.1, 0.15) is 5.56 Å². The number of halogens is 3. The highest BCUT2D eigenvalue weighted by molar-refractivity contribution is 9.10. The Morgan fingerprint density at radius 3 is 2.46 bits per heavy atom. The Morgan fingerprint density at radius 1 is 1.38 bits per heavy atom. The van der Waals surface area contributed by atoms with Crippen LogP contribution >= 0.6 is 15.9 Å². The fraction of sp³-hybridized carbons (Fsp3) is 0.111. The van der Waals surface area contributed by atoms with Gasteiger partial charge >= 0.3 is 0 Å². The van der Waals surface area contributed by atoms with Crippen molar-refractivity contribution in [2.75, 3.05) is 6.54 Å². The van der Waals surface area contributed by atoms with Crippen molar-refractivity contribution in [3.05, 3.63) is 40.4 Å². The van der Waals surface area contributed by atoms with E-state index in [1.54, 1.807) is 0 Å². The Morgan fingerprint density at radius 2 is 1.92 bits per heavy atom. The van der Waals surface area contributed by atoms with Gasteiger partial charge in [-0.15, -0.1) is 0 Å². The molecule has 1 nitrogen and oxygen atoms in total. The molecule has 0 heterocycles. The first kappa shape index (κ1) is 10.3. The molecule has 70 valence electrons. The van der Waals surface area contributed by atoms with Gasteiger partial charge in [-0.3, -0.25) is 0 Å². The lowest BCUT2D eigenvalue weighted by Crippen LogP contribution is -2.02. The molecule has 1 aromatic carbocycles. The van der Waals surface area contributed by atoms with Gasteiger partial charge in [0.1, 0.15) is 0 Å². The zero-order valence-electron chi connectivity index (χ0n) is 6.78. The van der Waals surface area contributed by atoms with Crippen LogP contribution in [0.4, 0.5) is 8.78 Å². The molecule has 2 N–H and O–H groups in total. The smallest absolute Gasteiger partial charge is 0.159 e. The molecule has 0 radical (unpaired) electrons. The molecule has 0 saturated heterocycles. The van der Waals surface area contributed by atoms with Crippen LogP contribution in [0.3, 0.4) is 0 Å². The molecule has 0 spiro atoms. The minimum absolute atomic E-state index is 0.212. The summed E-state index contributed by atoms with van der Waals surface area (Å²) in [6, 6.07) is 2.14. The molecule has 1 rings (SSSR count). The standard InChI is InChI=1S/C9H8BrF2N/c1-5(4-13)6-2-8(11)9(12)3-7(6)10/h2-3H,1,4,13H2. The van der Waals surface area contributed by atoms with Crippen molar-refractivity contribution in [1.82, 2.24) is 0 Å². The SMILES string of the molecule is C=C(CN)c1cc(F)c(F)cc1Br. The first-order chi connectivity index (χ1) is 6.06. The van der Waals surface area contributed by atoms with Gasteiger partial charge in [0.25, 0.3) is 0 Å². The fourth-order valence-electron chi connectivity index (χ4n) is 0.903. The maximum Gasteiger partial charge on any atom is 0.159 e. The summed E-state index contributed by atoms with van der Waals surface area (Å²) >= 11 is 3.10. The Hall–Kier alpha value is -0.740. The Kier molecular flexibility index (Phi) is 3.17. The lowest BCUT2D eigenvalue weighted by molar-refractivity contribution is 0.507. The average molecular weight is 248 g/mol. The number of hydrogen-bond acceptors (Lipinski definition) is 1. The largest absolute Gasteiger partial charge is 0.326 e. The van der Waals surface area contributed by atoms with Crippen molar-refractivity contribution in [1.29, 1.82) is 0 Å². The van der Waals surface area contributed by atoms with E-state index in [-0.39, 0.29) is 6.54 Å². The van der Waals surface area contributed by atoms with E-state index in [2.05, 4.69) is 22.5 Å². The third kappa shape index (κ3) is 2.14. The van der Waals surface area contributed by atoms with Crippen LogP contribution in [0.5, 0.6) is 0 Å². The van der Waals surface area contributed by atoms with Gasteiger partial charge in [-0.25, -0.2) is 8.78 Å². The molecule has 4 heteroatoms. The van der Waals surface area contributed by atoms with E-state index in [1.807, 2.05) is 0 Å². The number of benzene rings is 1. The molecule has 0 aliphatic rings. The summed E-state index contributed by atoms with van der Waals surface area (Å²) in [5.74, 6) is -1.78. The Bertz CT molecular complexity index is 350. The summed E-state index contributed by atoms with van der Waals surface area (Å²) in [6.07, 6.45) is 0. The van der Waals surface area contributed by atoms with E-state index in [9.17, 15) is 8.78 Å². The van der Waals surface area contributed by atoms with Gasteiger partial charge in [0.2, 0.25) is 0 Å². The zero-order chi connectivity index (χ0) is 10.0. The summed E-state index contributed by atoms with van der Waals surface area (Å²) in [7, 11) is 0. The van der Waals surface area contributed by atoms with Crippen molar-refractivity contribution in [2.24, 2.45) is 5.73 Å². The van der Waals surface area contributed by atoms with Gasteiger partial charge in [0.15, 0.2) is 11.6 Å². The second-order valence-corrected chi connectivity index (χ2v) is 3.41. The van der Waals surface area contributed by atoms with Gasteiger partial charge in [0, 0.05) is 11.0 Å². The number of nitrogens with two attached hydrogens (primary N) is 1. The zero-order valence-corrected chi connectivity index (χ0v) is 8.37. The minimum atomic E-state index is -0.896. The molecule has 0 fully saturated rings. The molecule has 0 aliphatic heterocycles. The molecule has 0 aliphatic carbocycles. The van der Waals surface area contributed by atoms with Gasteiger partial charge in [0.05, 0.1) is 0 Å². The van der Waals surface area contributed by atoms with Crippen molar-refractivity contribution in [3.8, 4) is 0 Å². The van der Waals surface area contributed by atoms with Crippen LogP contribution in [0, 0.1) is 11.6 Å². The highest BCUT2D eigenvalue weighted by atomic mass is 79.9. The quantitative estimate of drug-likeness (QED) is 0.800. The van der Waals surface area contributed by atoms with Crippen molar-refractivity contribution < 1.29 is 8.78 Å². The first-order valence-corrected chi connectivity index (χ1v) is 4.38. The molecule has 0 aromatic heterocycles. The molecule has 0 amide bonds. The fourth-order valence-corrected chi connectivity index (χ4v) is 1.50. The van der Waals surface area contributed by atoms with Gasteiger partial charge < -0.3 is 5.73 Å². The third-order valence-corrected chi connectivity index (χ3v) is 2.29. The molecular weight excluding hydrogens is 240 g/mol. The van der Waals surface area contributed by atoms with E-state index >= 15 is 0 Å². The van der Waals surface area contributed by atoms with Crippen molar-refractivity contribution in [3.63, 3.8) is 0 Å². The van der Waals surface area contributed by atoms with Crippen LogP contribution in [0.15, 0.2) is 23.2 Å². The predicted octanol–water partition coefficient (Wildman–Crippen LogP) is 2.70. The monoisotopic (exact) mass is 247 g/mol. The summed E-state index contributed by atoms with van der Waals surface area (Å²) in [5, 5.41) is 0.